The van der Waals surface area contributed by atoms with E-state index in [2.05, 4.69) is 5.32 Å². The topological polar surface area (TPSA) is 75.7 Å². The van der Waals surface area contributed by atoms with Crippen molar-refractivity contribution in [2.75, 3.05) is 30.8 Å². The van der Waals surface area contributed by atoms with Crippen LogP contribution in [0.5, 0.6) is 5.75 Å². The average Bonchev–Trinajstić information content (AvgIpc) is 2.60. The number of nitrogens with zero attached hydrogens (tertiary/aromatic N) is 1. The molecule has 0 aromatic heterocycles. The number of nitrogens with one attached hydrogen (secondary N) is 1. The lowest BCUT2D eigenvalue weighted by Crippen LogP contribution is -2.38. The number of ether oxygens (including phenoxy) is 1. The molecule has 0 saturated carbocycles. The fraction of sp³-hybridized carbons (Fsp3) is 0.278. The third kappa shape index (κ3) is 5.45. The number of carbonyl (C=O) groups excluding carboxylic acids is 1. The third-order valence-electron chi connectivity index (χ3n) is 3.67. The molecular formula is C18H21FN2O4S. The van der Waals surface area contributed by atoms with Crippen molar-refractivity contribution in [1.29, 1.82) is 0 Å². The highest BCUT2D eigenvalue weighted by atomic mass is 32.2. The fourth-order valence-corrected chi connectivity index (χ4v) is 3.38. The van der Waals surface area contributed by atoms with Crippen molar-refractivity contribution in [3.05, 3.63) is 59.9 Å². The van der Waals surface area contributed by atoms with E-state index in [0.29, 0.717) is 17.0 Å². The van der Waals surface area contributed by atoms with Gasteiger partial charge in [-0.25, -0.2) is 12.8 Å². The first-order valence-corrected chi connectivity index (χ1v) is 9.78. The highest BCUT2D eigenvalue weighted by molar-refractivity contribution is 7.92. The molecule has 6 nitrogen and oxygen atoms in total. The van der Waals surface area contributed by atoms with Crippen LogP contribution in [0.2, 0.25) is 0 Å². The summed E-state index contributed by atoms with van der Waals surface area (Å²) in [5.74, 6) is -0.213. The van der Waals surface area contributed by atoms with Gasteiger partial charge in [0.15, 0.2) is 0 Å². The maximum Gasteiger partial charge on any atom is 0.232 e. The number of halogens is 1. The Balaban J connectivity index is 2.00. The second-order valence-corrected chi connectivity index (χ2v) is 7.57. The predicted molar refractivity (Wildman–Crippen MR) is 98.3 cm³/mol. The summed E-state index contributed by atoms with van der Waals surface area (Å²) in [6.07, 6.45) is 1.19. The van der Waals surface area contributed by atoms with Crippen LogP contribution in [0, 0.1) is 5.82 Å². The lowest BCUT2D eigenvalue weighted by atomic mass is 10.1. The van der Waals surface area contributed by atoms with Crippen LogP contribution in [0.4, 0.5) is 10.1 Å². The number of hydrogen-bond donors (Lipinski definition) is 1. The van der Waals surface area contributed by atoms with Gasteiger partial charge in [-0.2, -0.15) is 0 Å². The SMILES string of the molecule is COc1ccccc1N(CCNC(=O)Cc1ccc(F)cc1)S(C)(=O)=O. The molecule has 2 aromatic rings. The summed E-state index contributed by atoms with van der Waals surface area (Å²) < 4.78 is 43.5. The molecule has 2 rings (SSSR count). The summed E-state index contributed by atoms with van der Waals surface area (Å²) in [7, 11) is -2.09. The Kier molecular flexibility index (Phi) is 6.57. The summed E-state index contributed by atoms with van der Waals surface area (Å²) in [5.41, 5.74) is 1.08. The van der Waals surface area contributed by atoms with Gasteiger partial charge in [-0.3, -0.25) is 9.10 Å². The third-order valence-corrected chi connectivity index (χ3v) is 4.85. The first kappa shape index (κ1) is 19.7. The van der Waals surface area contributed by atoms with E-state index in [1.54, 1.807) is 24.3 Å². The Bertz CT molecular complexity index is 854. The number of hydrogen-bond acceptors (Lipinski definition) is 4. The zero-order valence-electron chi connectivity index (χ0n) is 14.6. The molecule has 140 valence electrons. The lowest BCUT2D eigenvalue weighted by Gasteiger charge is -2.24. The highest BCUT2D eigenvalue weighted by Gasteiger charge is 2.20. The number of para-hydroxylation sites is 2. The fourth-order valence-electron chi connectivity index (χ4n) is 2.45. The predicted octanol–water partition coefficient (Wildman–Crippen LogP) is 1.96. The summed E-state index contributed by atoms with van der Waals surface area (Å²) in [5, 5.41) is 2.68. The maximum absolute atomic E-state index is 12.9. The molecule has 26 heavy (non-hydrogen) atoms. The molecule has 0 aliphatic rings. The zero-order valence-corrected chi connectivity index (χ0v) is 15.4. The lowest BCUT2D eigenvalue weighted by molar-refractivity contribution is -0.120. The van der Waals surface area contributed by atoms with Crippen LogP contribution >= 0.6 is 0 Å². The maximum atomic E-state index is 12.9. The van der Waals surface area contributed by atoms with Crippen molar-refractivity contribution < 1.29 is 22.3 Å². The smallest absolute Gasteiger partial charge is 0.232 e. The Morgan fingerprint density at radius 1 is 1.15 bits per heavy atom. The van der Waals surface area contributed by atoms with Crippen molar-refractivity contribution in [2.45, 2.75) is 6.42 Å². The number of methoxy groups -OCH3 is 1. The minimum atomic E-state index is -3.55. The van der Waals surface area contributed by atoms with E-state index in [0.717, 1.165) is 6.26 Å². The van der Waals surface area contributed by atoms with Gasteiger partial charge < -0.3 is 10.1 Å². The molecule has 0 saturated heterocycles. The van der Waals surface area contributed by atoms with Gasteiger partial charge in [0.1, 0.15) is 11.6 Å². The molecule has 1 N–H and O–H groups in total. The standard InChI is InChI=1S/C18H21FN2O4S/c1-25-17-6-4-3-5-16(17)21(26(2,23)24)12-11-20-18(22)13-14-7-9-15(19)10-8-14/h3-10H,11-13H2,1-2H3,(H,20,22). The summed E-state index contributed by atoms with van der Waals surface area (Å²) in [6.45, 7) is 0.194. The van der Waals surface area contributed by atoms with Gasteiger partial charge >= 0.3 is 0 Å². The Morgan fingerprint density at radius 3 is 2.42 bits per heavy atom. The summed E-state index contributed by atoms with van der Waals surface area (Å²) in [6, 6.07) is 12.4. The van der Waals surface area contributed by atoms with Crippen LogP contribution < -0.4 is 14.4 Å². The molecular weight excluding hydrogens is 359 g/mol. The number of sulfonamides is 1. The molecule has 0 aliphatic heterocycles. The van der Waals surface area contributed by atoms with Gasteiger partial charge in [-0.1, -0.05) is 24.3 Å². The van der Waals surface area contributed by atoms with E-state index in [1.165, 1.54) is 35.7 Å². The first-order valence-electron chi connectivity index (χ1n) is 7.93. The number of amides is 1. The number of anilines is 1. The van der Waals surface area contributed by atoms with Gasteiger partial charge in [-0.15, -0.1) is 0 Å². The second-order valence-electron chi connectivity index (χ2n) is 5.66. The normalized spacial score (nSPS) is 11.0. The van der Waals surface area contributed by atoms with Crippen LogP contribution in [0.1, 0.15) is 5.56 Å². The van der Waals surface area contributed by atoms with E-state index in [4.69, 9.17) is 4.74 Å². The van der Waals surface area contributed by atoms with Crippen LogP contribution in [0.15, 0.2) is 48.5 Å². The monoisotopic (exact) mass is 380 g/mol. The van der Waals surface area contributed by atoms with Crippen molar-refractivity contribution in [3.63, 3.8) is 0 Å². The van der Waals surface area contributed by atoms with Crippen molar-refractivity contribution >= 4 is 21.6 Å². The molecule has 0 fully saturated rings. The van der Waals surface area contributed by atoms with Crippen molar-refractivity contribution in [1.82, 2.24) is 5.32 Å². The first-order chi connectivity index (χ1) is 12.3. The Hall–Kier alpha value is -2.61. The molecule has 0 radical (unpaired) electrons. The van der Waals surface area contributed by atoms with Gasteiger partial charge in [0.05, 0.1) is 32.0 Å². The molecule has 8 heteroatoms. The molecule has 2 aromatic carbocycles. The van der Waals surface area contributed by atoms with E-state index >= 15 is 0 Å². The average molecular weight is 380 g/mol. The van der Waals surface area contributed by atoms with E-state index in [1.807, 2.05) is 0 Å². The summed E-state index contributed by atoms with van der Waals surface area (Å²) in [4.78, 5) is 12.0. The van der Waals surface area contributed by atoms with Crippen LogP contribution in [-0.4, -0.2) is 40.8 Å². The van der Waals surface area contributed by atoms with Crippen LogP contribution in [0.3, 0.4) is 0 Å². The van der Waals surface area contributed by atoms with E-state index in [9.17, 15) is 17.6 Å². The van der Waals surface area contributed by atoms with Crippen molar-refractivity contribution in [2.24, 2.45) is 0 Å². The Morgan fingerprint density at radius 2 is 1.81 bits per heavy atom. The molecule has 0 aliphatic carbocycles. The largest absolute Gasteiger partial charge is 0.495 e. The second kappa shape index (κ2) is 8.66. The quantitative estimate of drug-likeness (QED) is 0.760. The van der Waals surface area contributed by atoms with Crippen LogP contribution in [-0.2, 0) is 21.2 Å². The minimum Gasteiger partial charge on any atom is -0.495 e. The number of rotatable bonds is 8. The Labute approximate surface area is 152 Å². The minimum absolute atomic E-state index is 0.0639. The van der Waals surface area contributed by atoms with Crippen LogP contribution in [0.25, 0.3) is 0 Å². The molecule has 0 heterocycles. The van der Waals surface area contributed by atoms with E-state index in [-0.39, 0.29) is 31.2 Å². The van der Waals surface area contributed by atoms with Gasteiger partial charge in [0.25, 0.3) is 0 Å². The summed E-state index contributed by atoms with van der Waals surface area (Å²) >= 11 is 0. The molecule has 0 bridgehead atoms. The number of carbonyl (C=O) groups is 1. The molecule has 0 atom stereocenters. The zero-order chi connectivity index (χ0) is 19.2. The molecule has 0 spiro atoms. The highest BCUT2D eigenvalue weighted by Crippen LogP contribution is 2.29. The van der Waals surface area contributed by atoms with Gasteiger partial charge in [0, 0.05) is 6.54 Å². The number of benzene rings is 2. The van der Waals surface area contributed by atoms with E-state index < -0.39 is 10.0 Å². The van der Waals surface area contributed by atoms with Gasteiger partial charge in [0.2, 0.25) is 15.9 Å². The van der Waals surface area contributed by atoms with Gasteiger partial charge in [-0.05, 0) is 29.8 Å². The van der Waals surface area contributed by atoms with Crippen molar-refractivity contribution in [3.8, 4) is 5.75 Å². The molecule has 0 unspecified atom stereocenters. The molecule has 1 amide bonds.